The highest BCUT2D eigenvalue weighted by Crippen LogP contribution is 2.28. The SMILES string of the molecule is COc1ccc(CCC(=O)Nc2ccccc2C(=O)ON)cc1OC. The van der Waals surface area contributed by atoms with E-state index < -0.39 is 5.97 Å². The van der Waals surface area contributed by atoms with Crippen molar-refractivity contribution in [3.05, 3.63) is 53.6 Å². The molecule has 3 N–H and O–H groups in total. The highest BCUT2D eigenvalue weighted by atomic mass is 16.7. The fraction of sp³-hybridized carbons (Fsp3) is 0.222. The maximum absolute atomic E-state index is 12.2. The fourth-order valence-corrected chi connectivity index (χ4v) is 2.34. The zero-order valence-electron chi connectivity index (χ0n) is 14.1. The highest BCUT2D eigenvalue weighted by molar-refractivity contribution is 6.01. The van der Waals surface area contributed by atoms with Crippen LogP contribution in [0.3, 0.4) is 0 Å². The first kappa shape index (κ1) is 18.3. The number of nitrogens with two attached hydrogens (primary N) is 1. The van der Waals surface area contributed by atoms with Gasteiger partial charge in [-0.05, 0) is 36.2 Å². The Kier molecular flexibility index (Phi) is 6.36. The Hall–Kier alpha value is -3.06. The average Bonchev–Trinajstić information content (AvgIpc) is 2.65. The molecule has 0 atom stereocenters. The van der Waals surface area contributed by atoms with Crippen molar-refractivity contribution in [3.8, 4) is 11.5 Å². The largest absolute Gasteiger partial charge is 0.493 e. The van der Waals surface area contributed by atoms with Crippen LogP contribution in [0.5, 0.6) is 11.5 Å². The maximum Gasteiger partial charge on any atom is 0.358 e. The summed E-state index contributed by atoms with van der Waals surface area (Å²) in [4.78, 5) is 28.0. The molecule has 0 fully saturated rings. The lowest BCUT2D eigenvalue weighted by Gasteiger charge is -2.11. The number of methoxy groups -OCH3 is 2. The molecule has 0 aromatic heterocycles. The molecule has 0 spiro atoms. The number of amides is 1. The van der Waals surface area contributed by atoms with Gasteiger partial charge in [0, 0.05) is 6.42 Å². The molecule has 0 unspecified atom stereocenters. The van der Waals surface area contributed by atoms with Crippen LogP contribution >= 0.6 is 0 Å². The van der Waals surface area contributed by atoms with Crippen molar-refractivity contribution in [1.82, 2.24) is 0 Å². The molecule has 2 aromatic carbocycles. The molecule has 7 heteroatoms. The van der Waals surface area contributed by atoms with Crippen molar-refractivity contribution in [2.75, 3.05) is 19.5 Å². The van der Waals surface area contributed by atoms with E-state index in [0.29, 0.717) is 23.6 Å². The quantitative estimate of drug-likeness (QED) is 0.748. The number of nitrogens with one attached hydrogen (secondary N) is 1. The van der Waals surface area contributed by atoms with Crippen LogP contribution in [-0.4, -0.2) is 26.1 Å². The summed E-state index contributed by atoms with van der Waals surface area (Å²) in [5.74, 6) is 5.20. The third-order valence-electron chi connectivity index (χ3n) is 3.62. The van der Waals surface area contributed by atoms with Crippen LogP contribution < -0.4 is 20.7 Å². The summed E-state index contributed by atoms with van der Waals surface area (Å²) in [6.45, 7) is 0. The van der Waals surface area contributed by atoms with E-state index in [-0.39, 0.29) is 17.9 Å². The standard InChI is InChI=1S/C18H20N2O5/c1-23-15-9-7-12(11-16(15)24-2)8-10-17(21)20-14-6-4-3-5-13(14)18(22)25-19/h3-7,9,11H,8,10,19H2,1-2H3,(H,20,21). The smallest absolute Gasteiger partial charge is 0.358 e. The molecule has 0 bridgehead atoms. The summed E-state index contributed by atoms with van der Waals surface area (Å²) < 4.78 is 10.4. The number of aryl methyl sites for hydroxylation is 1. The first-order valence-corrected chi connectivity index (χ1v) is 7.60. The Labute approximate surface area is 145 Å². The minimum atomic E-state index is -0.712. The number of hydrogen-bond acceptors (Lipinski definition) is 6. The van der Waals surface area contributed by atoms with Crippen molar-refractivity contribution in [3.63, 3.8) is 0 Å². The van der Waals surface area contributed by atoms with Crippen LogP contribution in [0.2, 0.25) is 0 Å². The van der Waals surface area contributed by atoms with Gasteiger partial charge in [-0.15, -0.1) is 0 Å². The van der Waals surface area contributed by atoms with Crippen LogP contribution in [-0.2, 0) is 16.1 Å². The topological polar surface area (TPSA) is 99.9 Å². The Morgan fingerprint density at radius 2 is 1.76 bits per heavy atom. The zero-order chi connectivity index (χ0) is 18.2. The van der Waals surface area contributed by atoms with E-state index in [1.54, 1.807) is 38.5 Å². The molecule has 2 aromatic rings. The third-order valence-corrected chi connectivity index (χ3v) is 3.62. The van der Waals surface area contributed by atoms with E-state index in [2.05, 4.69) is 10.2 Å². The molecule has 2 rings (SSSR count). The minimum Gasteiger partial charge on any atom is -0.493 e. The lowest BCUT2D eigenvalue weighted by atomic mass is 10.1. The Bertz CT molecular complexity index is 761. The summed E-state index contributed by atoms with van der Waals surface area (Å²) in [6, 6.07) is 12.0. The molecule has 0 aliphatic heterocycles. The van der Waals surface area contributed by atoms with Gasteiger partial charge in [0.05, 0.1) is 25.5 Å². The average molecular weight is 344 g/mol. The van der Waals surface area contributed by atoms with Gasteiger partial charge in [-0.2, -0.15) is 5.90 Å². The molecule has 0 heterocycles. The van der Waals surface area contributed by atoms with Gasteiger partial charge >= 0.3 is 5.97 Å². The number of hydrogen-bond donors (Lipinski definition) is 2. The second-order valence-electron chi connectivity index (χ2n) is 5.19. The first-order chi connectivity index (χ1) is 12.1. The molecule has 132 valence electrons. The zero-order valence-corrected chi connectivity index (χ0v) is 14.1. The molecular weight excluding hydrogens is 324 g/mol. The van der Waals surface area contributed by atoms with Crippen LogP contribution in [0.25, 0.3) is 0 Å². The second-order valence-corrected chi connectivity index (χ2v) is 5.19. The number of rotatable bonds is 7. The molecular formula is C18H20N2O5. The van der Waals surface area contributed by atoms with Gasteiger partial charge in [-0.3, -0.25) is 4.79 Å². The molecule has 1 amide bonds. The van der Waals surface area contributed by atoms with E-state index >= 15 is 0 Å². The number of carbonyl (C=O) groups excluding carboxylic acids is 2. The van der Waals surface area contributed by atoms with Crippen LogP contribution in [0.1, 0.15) is 22.3 Å². The maximum atomic E-state index is 12.2. The van der Waals surface area contributed by atoms with Crippen LogP contribution in [0.15, 0.2) is 42.5 Å². The highest BCUT2D eigenvalue weighted by Gasteiger charge is 2.14. The number of anilines is 1. The normalized spacial score (nSPS) is 10.0. The van der Waals surface area contributed by atoms with Gasteiger partial charge in [0.15, 0.2) is 11.5 Å². The van der Waals surface area contributed by atoms with Gasteiger partial charge in [0.1, 0.15) is 0 Å². The number of ether oxygens (including phenoxy) is 2. The van der Waals surface area contributed by atoms with Crippen LogP contribution in [0.4, 0.5) is 5.69 Å². The van der Waals surface area contributed by atoms with Gasteiger partial charge in [-0.25, -0.2) is 4.79 Å². The molecule has 0 saturated carbocycles. The van der Waals surface area contributed by atoms with Crippen molar-refractivity contribution in [2.24, 2.45) is 5.90 Å². The van der Waals surface area contributed by atoms with Crippen molar-refractivity contribution >= 4 is 17.6 Å². The Balaban J connectivity index is 2.01. The number of benzene rings is 2. The molecule has 0 saturated heterocycles. The van der Waals surface area contributed by atoms with Crippen LogP contribution in [0, 0.1) is 0 Å². The van der Waals surface area contributed by atoms with Crippen molar-refractivity contribution < 1.29 is 23.9 Å². The van der Waals surface area contributed by atoms with Gasteiger partial charge in [0.25, 0.3) is 0 Å². The predicted octanol–water partition coefficient (Wildman–Crippen LogP) is 2.31. The predicted molar refractivity (Wildman–Crippen MR) is 92.5 cm³/mol. The third kappa shape index (κ3) is 4.71. The second kappa shape index (κ2) is 8.70. The van der Waals surface area contributed by atoms with Gasteiger partial charge < -0.3 is 19.6 Å². The summed E-state index contributed by atoms with van der Waals surface area (Å²) in [5, 5.41) is 2.70. The Morgan fingerprint density at radius 3 is 2.44 bits per heavy atom. The number of carbonyl (C=O) groups is 2. The molecule has 25 heavy (non-hydrogen) atoms. The summed E-state index contributed by atoms with van der Waals surface area (Å²) >= 11 is 0. The van der Waals surface area contributed by atoms with E-state index in [1.165, 1.54) is 6.07 Å². The monoisotopic (exact) mass is 344 g/mol. The lowest BCUT2D eigenvalue weighted by Crippen LogP contribution is -2.17. The van der Waals surface area contributed by atoms with E-state index in [0.717, 1.165) is 5.56 Å². The summed E-state index contributed by atoms with van der Waals surface area (Å²) in [6.07, 6.45) is 0.747. The summed E-state index contributed by atoms with van der Waals surface area (Å²) in [7, 11) is 3.12. The van der Waals surface area contributed by atoms with E-state index in [1.807, 2.05) is 12.1 Å². The molecule has 0 radical (unpaired) electrons. The fourth-order valence-electron chi connectivity index (χ4n) is 2.34. The van der Waals surface area contributed by atoms with Gasteiger partial charge in [-0.1, -0.05) is 18.2 Å². The minimum absolute atomic E-state index is 0.199. The molecule has 7 nitrogen and oxygen atoms in total. The Morgan fingerprint density at radius 1 is 1.04 bits per heavy atom. The molecule has 0 aliphatic rings. The number of para-hydroxylation sites is 1. The molecule has 0 aliphatic carbocycles. The first-order valence-electron chi connectivity index (χ1n) is 7.60. The van der Waals surface area contributed by atoms with Crippen molar-refractivity contribution in [2.45, 2.75) is 12.8 Å². The van der Waals surface area contributed by atoms with Crippen molar-refractivity contribution in [1.29, 1.82) is 0 Å². The lowest BCUT2D eigenvalue weighted by molar-refractivity contribution is -0.116. The van der Waals surface area contributed by atoms with E-state index in [4.69, 9.17) is 15.4 Å². The summed E-state index contributed by atoms with van der Waals surface area (Å²) in [5.41, 5.74) is 1.49. The van der Waals surface area contributed by atoms with Gasteiger partial charge in [0.2, 0.25) is 5.91 Å². The van der Waals surface area contributed by atoms with E-state index in [9.17, 15) is 9.59 Å².